The van der Waals surface area contributed by atoms with Crippen LogP contribution >= 0.6 is 12.4 Å². The Bertz CT molecular complexity index is 656. The normalized spacial score (nSPS) is 16.6. The first-order valence-corrected chi connectivity index (χ1v) is 7.89. The number of hydrogen-bond donors (Lipinski definition) is 3. The summed E-state index contributed by atoms with van der Waals surface area (Å²) < 4.78 is 0. The molecule has 3 rings (SSSR count). The van der Waals surface area contributed by atoms with E-state index in [1.54, 1.807) is 0 Å². The summed E-state index contributed by atoms with van der Waals surface area (Å²) in [6.07, 6.45) is 1.07. The lowest BCUT2D eigenvalue weighted by Crippen LogP contribution is -2.39. The molecule has 1 heterocycles. The molecule has 3 N–H and O–H groups in total. The average Bonchev–Trinajstić information content (AvgIpc) is 2.59. The molecular formula is C18H23ClN2O2. The van der Waals surface area contributed by atoms with E-state index in [1.165, 1.54) is 0 Å². The maximum Gasteiger partial charge on any atom is 0.223 e. The fraction of sp³-hybridized carbons (Fsp3) is 0.389. The van der Waals surface area contributed by atoms with Crippen molar-refractivity contribution in [2.24, 2.45) is 5.92 Å². The Morgan fingerprint density at radius 1 is 1.17 bits per heavy atom. The second kappa shape index (κ2) is 8.29. The summed E-state index contributed by atoms with van der Waals surface area (Å²) in [6.45, 7) is 2.05. The summed E-state index contributed by atoms with van der Waals surface area (Å²) in [5.74, 6) is 0.131. The first kappa shape index (κ1) is 17.7. The molecule has 0 aliphatic carbocycles. The van der Waals surface area contributed by atoms with Crippen LogP contribution in [0.5, 0.6) is 0 Å². The highest BCUT2D eigenvalue weighted by Crippen LogP contribution is 2.20. The lowest BCUT2D eigenvalue weighted by molar-refractivity contribution is -0.126. The van der Waals surface area contributed by atoms with E-state index >= 15 is 0 Å². The van der Waals surface area contributed by atoms with Gasteiger partial charge >= 0.3 is 0 Å². The molecule has 0 aromatic heterocycles. The molecule has 1 atom stereocenters. The van der Waals surface area contributed by atoms with Crippen molar-refractivity contribution >= 4 is 29.1 Å². The summed E-state index contributed by atoms with van der Waals surface area (Å²) in [5, 5.41) is 18.7. The van der Waals surface area contributed by atoms with Crippen molar-refractivity contribution in [1.29, 1.82) is 0 Å². The van der Waals surface area contributed by atoms with Crippen molar-refractivity contribution in [2.75, 3.05) is 19.6 Å². The van der Waals surface area contributed by atoms with E-state index in [-0.39, 0.29) is 30.8 Å². The number of carbonyl (C=O) groups excluding carboxylic acids is 1. The second-order valence-corrected chi connectivity index (χ2v) is 5.89. The molecule has 1 saturated heterocycles. The van der Waals surface area contributed by atoms with Gasteiger partial charge in [-0.25, -0.2) is 0 Å². The fourth-order valence-electron chi connectivity index (χ4n) is 2.96. The fourth-order valence-corrected chi connectivity index (χ4v) is 2.96. The van der Waals surface area contributed by atoms with Gasteiger partial charge in [-0.05, 0) is 48.3 Å². The number of halogens is 1. The van der Waals surface area contributed by atoms with E-state index in [9.17, 15) is 9.90 Å². The number of hydrogen-bond acceptors (Lipinski definition) is 3. The van der Waals surface area contributed by atoms with Gasteiger partial charge in [-0.1, -0.05) is 36.4 Å². The molecule has 0 saturated carbocycles. The molecule has 2 aromatic carbocycles. The first-order chi connectivity index (χ1) is 10.7. The van der Waals surface area contributed by atoms with Crippen LogP contribution in [0.3, 0.4) is 0 Å². The Morgan fingerprint density at radius 3 is 2.61 bits per heavy atom. The monoisotopic (exact) mass is 334 g/mol. The van der Waals surface area contributed by atoms with Gasteiger partial charge in [0.1, 0.15) is 0 Å². The van der Waals surface area contributed by atoms with Gasteiger partial charge in [-0.2, -0.15) is 0 Å². The smallest absolute Gasteiger partial charge is 0.223 e. The number of piperidine rings is 1. The number of benzene rings is 2. The zero-order valence-electron chi connectivity index (χ0n) is 13.0. The molecule has 0 bridgehead atoms. The first-order valence-electron chi connectivity index (χ1n) is 7.89. The SMILES string of the molecule is Cl.O=C(NCC(O)c1ccc2ccccc2c1)C1CCNCC1. The molecule has 0 radical (unpaired) electrons. The summed E-state index contributed by atoms with van der Waals surface area (Å²) in [6, 6.07) is 14.0. The van der Waals surface area contributed by atoms with Crippen LogP contribution in [0.25, 0.3) is 10.8 Å². The third-order valence-corrected chi connectivity index (χ3v) is 4.34. The predicted molar refractivity (Wildman–Crippen MR) is 94.8 cm³/mol. The van der Waals surface area contributed by atoms with Crippen molar-refractivity contribution in [3.8, 4) is 0 Å². The van der Waals surface area contributed by atoms with Crippen LogP contribution in [0.15, 0.2) is 42.5 Å². The zero-order chi connectivity index (χ0) is 15.4. The van der Waals surface area contributed by atoms with Crippen molar-refractivity contribution < 1.29 is 9.90 Å². The molecule has 1 aliphatic heterocycles. The highest BCUT2D eigenvalue weighted by molar-refractivity contribution is 5.85. The van der Waals surface area contributed by atoms with Gasteiger partial charge in [-0.15, -0.1) is 12.4 Å². The van der Waals surface area contributed by atoms with E-state index in [0.717, 1.165) is 42.3 Å². The standard InChI is InChI=1S/C18H22N2O2.ClH/c21-17(12-20-18(22)14-7-9-19-10-8-14)16-6-5-13-3-1-2-4-15(13)11-16;/h1-6,11,14,17,19,21H,7-10,12H2,(H,20,22);1H. The largest absolute Gasteiger partial charge is 0.387 e. The van der Waals surface area contributed by atoms with Crippen LogP contribution in [-0.2, 0) is 4.79 Å². The van der Waals surface area contributed by atoms with Crippen LogP contribution in [0.4, 0.5) is 0 Å². The molecule has 124 valence electrons. The summed E-state index contributed by atoms with van der Waals surface area (Å²) in [4.78, 5) is 12.1. The maximum atomic E-state index is 12.1. The molecular weight excluding hydrogens is 312 g/mol. The molecule has 5 heteroatoms. The lowest BCUT2D eigenvalue weighted by atomic mass is 9.97. The van der Waals surface area contributed by atoms with Crippen LogP contribution in [0.2, 0.25) is 0 Å². The maximum absolute atomic E-state index is 12.1. The minimum Gasteiger partial charge on any atom is -0.387 e. The molecule has 1 fully saturated rings. The Kier molecular flexibility index (Phi) is 6.39. The second-order valence-electron chi connectivity index (χ2n) is 5.89. The van der Waals surface area contributed by atoms with Gasteiger partial charge in [0.15, 0.2) is 0 Å². The van der Waals surface area contributed by atoms with Crippen LogP contribution in [-0.4, -0.2) is 30.6 Å². The number of fused-ring (bicyclic) bond motifs is 1. The Morgan fingerprint density at radius 2 is 1.87 bits per heavy atom. The van der Waals surface area contributed by atoms with E-state index in [2.05, 4.69) is 10.6 Å². The van der Waals surface area contributed by atoms with Crippen LogP contribution in [0.1, 0.15) is 24.5 Å². The topological polar surface area (TPSA) is 61.4 Å². The number of nitrogens with one attached hydrogen (secondary N) is 2. The van der Waals surface area contributed by atoms with Gasteiger partial charge in [0.25, 0.3) is 0 Å². The minimum absolute atomic E-state index is 0. The molecule has 23 heavy (non-hydrogen) atoms. The van der Waals surface area contributed by atoms with Crippen molar-refractivity contribution in [1.82, 2.24) is 10.6 Å². The predicted octanol–water partition coefficient (Wildman–Crippen LogP) is 2.41. The Balaban J connectivity index is 0.00000192. The van der Waals surface area contributed by atoms with Gasteiger partial charge in [0, 0.05) is 12.5 Å². The summed E-state index contributed by atoms with van der Waals surface area (Å²) >= 11 is 0. The van der Waals surface area contributed by atoms with Gasteiger partial charge in [-0.3, -0.25) is 4.79 Å². The number of amides is 1. The van der Waals surface area contributed by atoms with Gasteiger partial charge in [0.2, 0.25) is 5.91 Å². The third kappa shape index (κ3) is 4.44. The van der Waals surface area contributed by atoms with Crippen molar-refractivity contribution in [3.63, 3.8) is 0 Å². The number of carbonyl (C=O) groups is 1. The van der Waals surface area contributed by atoms with Crippen molar-refractivity contribution in [2.45, 2.75) is 18.9 Å². The van der Waals surface area contributed by atoms with Gasteiger partial charge in [0.05, 0.1) is 6.10 Å². The quantitative estimate of drug-likeness (QED) is 0.804. The lowest BCUT2D eigenvalue weighted by Gasteiger charge is -2.22. The molecule has 0 spiro atoms. The highest BCUT2D eigenvalue weighted by atomic mass is 35.5. The highest BCUT2D eigenvalue weighted by Gasteiger charge is 2.21. The molecule has 4 nitrogen and oxygen atoms in total. The van der Waals surface area contributed by atoms with Crippen LogP contribution in [0, 0.1) is 5.92 Å². The van der Waals surface area contributed by atoms with E-state index in [1.807, 2.05) is 42.5 Å². The average molecular weight is 335 g/mol. The molecule has 2 aromatic rings. The Labute approximate surface area is 142 Å². The van der Waals surface area contributed by atoms with E-state index < -0.39 is 6.10 Å². The van der Waals surface area contributed by atoms with Crippen LogP contribution < -0.4 is 10.6 Å². The summed E-state index contributed by atoms with van der Waals surface area (Å²) in [5.41, 5.74) is 0.837. The number of rotatable bonds is 4. The van der Waals surface area contributed by atoms with E-state index in [0.29, 0.717) is 0 Å². The molecule has 1 unspecified atom stereocenters. The third-order valence-electron chi connectivity index (χ3n) is 4.34. The number of aliphatic hydroxyl groups excluding tert-OH is 1. The molecule has 1 amide bonds. The van der Waals surface area contributed by atoms with Crippen molar-refractivity contribution in [3.05, 3.63) is 48.0 Å². The zero-order valence-corrected chi connectivity index (χ0v) is 13.8. The van der Waals surface area contributed by atoms with E-state index in [4.69, 9.17) is 0 Å². The summed E-state index contributed by atoms with van der Waals surface area (Å²) in [7, 11) is 0. The van der Waals surface area contributed by atoms with Gasteiger partial charge < -0.3 is 15.7 Å². The Hall–Kier alpha value is -1.62. The molecule has 1 aliphatic rings. The number of aliphatic hydroxyl groups is 1. The minimum atomic E-state index is -0.671.